The van der Waals surface area contributed by atoms with Gasteiger partial charge in [-0.05, 0) is 36.8 Å². The monoisotopic (exact) mass is 213 g/mol. The number of nitrogen functional groups attached to an aromatic ring is 1. The van der Waals surface area contributed by atoms with E-state index in [-0.39, 0.29) is 0 Å². The summed E-state index contributed by atoms with van der Waals surface area (Å²) >= 11 is 1.83. The molecule has 0 aliphatic carbocycles. The first-order valence-electron chi connectivity index (χ1n) is 4.93. The second kappa shape index (κ2) is 2.97. The lowest BCUT2D eigenvalue weighted by Crippen LogP contribution is -1.82. The molecule has 74 valence electrons. The van der Waals surface area contributed by atoms with E-state index in [1.807, 2.05) is 17.4 Å². The molecule has 0 fully saturated rings. The second-order valence-corrected chi connectivity index (χ2v) is 4.89. The summed E-state index contributed by atoms with van der Waals surface area (Å²) in [7, 11) is 0. The number of benzene rings is 2. The third-order valence-corrected chi connectivity index (χ3v) is 3.86. The van der Waals surface area contributed by atoms with Gasteiger partial charge in [-0.1, -0.05) is 12.1 Å². The average molecular weight is 213 g/mol. The Bertz CT molecular complexity index is 652. The van der Waals surface area contributed by atoms with E-state index in [9.17, 15) is 0 Å². The largest absolute Gasteiger partial charge is 0.399 e. The van der Waals surface area contributed by atoms with E-state index >= 15 is 0 Å². The number of aryl methyl sites for hydroxylation is 1. The zero-order chi connectivity index (χ0) is 10.4. The Hall–Kier alpha value is -1.54. The van der Waals surface area contributed by atoms with Crippen LogP contribution < -0.4 is 5.73 Å². The Balaban J connectivity index is 2.61. The normalized spacial score (nSPS) is 11.3. The number of nitrogens with two attached hydrogens (primary N) is 1. The van der Waals surface area contributed by atoms with Crippen molar-refractivity contribution in [3.05, 3.63) is 42.0 Å². The van der Waals surface area contributed by atoms with Gasteiger partial charge in [0.05, 0.1) is 0 Å². The lowest BCUT2D eigenvalue weighted by molar-refractivity contribution is 1.55. The van der Waals surface area contributed by atoms with Crippen LogP contribution in [-0.4, -0.2) is 0 Å². The highest BCUT2D eigenvalue weighted by molar-refractivity contribution is 7.25. The van der Waals surface area contributed by atoms with Gasteiger partial charge in [-0.3, -0.25) is 0 Å². The van der Waals surface area contributed by atoms with Crippen LogP contribution in [0.3, 0.4) is 0 Å². The molecule has 0 unspecified atom stereocenters. The molecule has 0 aliphatic heterocycles. The van der Waals surface area contributed by atoms with Crippen molar-refractivity contribution in [3.8, 4) is 0 Å². The molecule has 2 heteroatoms. The number of fused-ring (bicyclic) bond motifs is 3. The van der Waals surface area contributed by atoms with E-state index in [0.717, 1.165) is 5.69 Å². The first-order chi connectivity index (χ1) is 7.25. The summed E-state index contributed by atoms with van der Waals surface area (Å²) in [5.41, 5.74) is 7.99. The van der Waals surface area contributed by atoms with Gasteiger partial charge in [0.25, 0.3) is 0 Å². The number of rotatable bonds is 0. The van der Waals surface area contributed by atoms with Crippen LogP contribution in [0.5, 0.6) is 0 Å². The fourth-order valence-electron chi connectivity index (χ4n) is 2.02. The molecule has 0 bridgehead atoms. The molecule has 0 atom stereocenters. The SMILES string of the molecule is Cc1cccc2sc3ccc(N)cc3c12. The van der Waals surface area contributed by atoms with Crippen LogP contribution in [0.2, 0.25) is 0 Å². The van der Waals surface area contributed by atoms with Gasteiger partial charge in [0.1, 0.15) is 0 Å². The van der Waals surface area contributed by atoms with Crippen LogP contribution in [0.1, 0.15) is 5.56 Å². The van der Waals surface area contributed by atoms with Crippen LogP contribution in [0.4, 0.5) is 5.69 Å². The average Bonchev–Trinajstić information content (AvgIpc) is 2.57. The lowest BCUT2D eigenvalue weighted by atomic mass is 10.1. The maximum absolute atomic E-state index is 5.83. The molecule has 0 spiro atoms. The van der Waals surface area contributed by atoms with Gasteiger partial charge >= 0.3 is 0 Å². The van der Waals surface area contributed by atoms with Gasteiger partial charge in [0.2, 0.25) is 0 Å². The minimum absolute atomic E-state index is 0.838. The summed E-state index contributed by atoms with van der Waals surface area (Å²) in [6.07, 6.45) is 0. The standard InChI is InChI=1S/C13H11NS/c1-8-3-2-4-12-13(8)10-7-9(14)5-6-11(10)15-12/h2-7H,14H2,1H3. The quantitative estimate of drug-likeness (QED) is 0.562. The molecule has 1 aromatic heterocycles. The molecular weight excluding hydrogens is 202 g/mol. The maximum atomic E-state index is 5.83. The Morgan fingerprint density at radius 2 is 1.93 bits per heavy atom. The molecule has 3 rings (SSSR count). The fourth-order valence-corrected chi connectivity index (χ4v) is 3.19. The highest BCUT2D eigenvalue weighted by atomic mass is 32.1. The van der Waals surface area contributed by atoms with Crippen LogP contribution in [0.15, 0.2) is 36.4 Å². The van der Waals surface area contributed by atoms with Gasteiger partial charge in [0, 0.05) is 25.9 Å². The van der Waals surface area contributed by atoms with Crippen LogP contribution >= 0.6 is 11.3 Å². The molecule has 0 amide bonds. The molecule has 15 heavy (non-hydrogen) atoms. The van der Waals surface area contributed by atoms with Crippen molar-refractivity contribution in [2.24, 2.45) is 0 Å². The van der Waals surface area contributed by atoms with Gasteiger partial charge in [-0.15, -0.1) is 11.3 Å². The van der Waals surface area contributed by atoms with E-state index < -0.39 is 0 Å². The third-order valence-electron chi connectivity index (χ3n) is 2.73. The molecule has 0 saturated heterocycles. The van der Waals surface area contributed by atoms with Crippen LogP contribution in [-0.2, 0) is 0 Å². The summed E-state index contributed by atoms with van der Waals surface area (Å²) < 4.78 is 2.66. The first kappa shape index (κ1) is 8.74. The Kier molecular flexibility index (Phi) is 1.73. The first-order valence-corrected chi connectivity index (χ1v) is 5.75. The summed E-state index contributed by atoms with van der Waals surface area (Å²) in [4.78, 5) is 0. The van der Waals surface area contributed by atoms with Crippen molar-refractivity contribution in [1.29, 1.82) is 0 Å². The van der Waals surface area contributed by atoms with Gasteiger partial charge in [-0.2, -0.15) is 0 Å². The zero-order valence-corrected chi connectivity index (χ0v) is 9.27. The molecule has 0 aliphatic rings. The Morgan fingerprint density at radius 1 is 1.07 bits per heavy atom. The van der Waals surface area contributed by atoms with Crippen molar-refractivity contribution in [3.63, 3.8) is 0 Å². The van der Waals surface area contributed by atoms with Crippen molar-refractivity contribution >= 4 is 37.2 Å². The number of anilines is 1. The molecule has 1 nitrogen and oxygen atoms in total. The van der Waals surface area contributed by atoms with Gasteiger partial charge < -0.3 is 5.73 Å². The van der Waals surface area contributed by atoms with E-state index in [2.05, 4.69) is 37.3 Å². The summed E-state index contributed by atoms with van der Waals surface area (Å²) in [6.45, 7) is 2.15. The lowest BCUT2D eigenvalue weighted by Gasteiger charge is -1.97. The maximum Gasteiger partial charge on any atom is 0.0358 e. The van der Waals surface area contributed by atoms with Gasteiger partial charge in [0.15, 0.2) is 0 Å². The number of thiophene rings is 1. The molecule has 0 radical (unpaired) electrons. The summed E-state index contributed by atoms with van der Waals surface area (Å²) in [6, 6.07) is 12.6. The molecular formula is C13H11NS. The highest BCUT2D eigenvalue weighted by Gasteiger charge is 2.06. The molecule has 3 aromatic rings. The van der Waals surface area contributed by atoms with E-state index in [1.54, 1.807) is 0 Å². The minimum Gasteiger partial charge on any atom is -0.399 e. The van der Waals surface area contributed by atoms with Crippen LogP contribution in [0.25, 0.3) is 20.2 Å². The van der Waals surface area contributed by atoms with E-state index in [4.69, 9.17) is 5.73 Å². The van der Waals surface area contributed by atoms with Crippen molar-refractivity contribution < 1.29 is 0 Å². The Morgan fingerprint density at radius 3 is 2.80 bits per heavy atom. The van der Waals surface area contributed by atoms with E-state index in [1.165, 1.54) is 25.7 Å². The van der Waals surface area contributed by atoms with Crippen molar-refractivity contribution in [1.82, 2.24) is 0 Å². The van der Waals surface area contributed by atoms with Crippen molar-refractivity contribution in [2.45, 2.75) is 6.92 Å². The highest BCUT2D eigenvalue weighted by Crippen LogP contribution is 2.36. The van der Waals surface area contributed by atoms with E-state index in [0.29, 0.717) is 0 Å². The van der Waals surface area contributed by atoms with Crippen molar-refractivity contribution in [2.75, 3.05) is 5.73 Å². The molecule has 1 heterocycles. The predicted molar refractivity (Wildman–Crippen MR) is 68.5 cm³/mol. The molecule has 2 N–H and O–H groups in total. The number of hydrogen-bond acceptors (Lipinski definition) is 2. The molecule has 2 aromatic carbocycles. The summed E-state index contributed by atoms with van der Waals surface area (Å²) in [5.74, 6) is 0. The zero-order valence-electron chi connectivity index (χ0n) is 8.45. The van der Waals surface area contributed by atoms with Crippen LogP contribution in [0, 0.1) is 6.92 Å². The Labute approximate surface area is 92.1 Å². The predicted octanol–water partition coefficient (Wildman–Crippen LogP) is 3.95. The van der Waals surface area contributed by atoms with Gasteiger partial charge in [-0.25, -0.2) is 0 Å². The fraction of sp³-hybridized carbons (Fsp3) is 0.0769. The number of hydrogen-bond donors (Lipinski definition) is 1. The smallest absolute Gasteiger partial charge is 0.0358 e. The molecule has 0 saturated carbocycles. The second-order valence-electron chi connectivity index (χ2n) is 3.81. The minimum atomic E-state index is 0.838. The third kappa shape index (κ3) is 1.22. The summed E-state index contributed by atoms with van der Waals surface area (Å²) in [5, 5.41) is 2.64. The topological polar surface area (TPSA) is 26.0 Å².